The van der Waals surface area contributed by atoms with Crippen molar-refractivity contribution in [1.29, 1.82) is 0 Å². The predicted octanol–water partition coefficient (Wildman–Crippen LogP) is 2.01. The Labute approximate surface area is 103 Å². The van der Waals surface area contributed by atoms with Crippen LogP contribution >= 0.6 is 0 Å². The van der Waals surface area contributed by atoms with E-state index >= 15 is 0 Å². The maximum absolute atomic E-state index is 11.8. The summed E-state index contributed by atoms with van der Waals surface area (Å²) in [5.41, 5.74) is 1.23. The Kier molecular flexibility index (Phi) is 4.15. The molecule has 0 bridgehead atoms. The zero-order valence-corrected chi connectivity index (χ0v) is 10.3. The zero-order valence-electron chi connectivity index (χ0n) is 10.3. The van der Waals surface area contributed by atoms with Gasteiger partial charge in [-0.25, -0.2) is 0 Å². The van der Waals surface area contributed by atoms with Crippen LogP contribution in [0.1, 0.15) is 37.8 Å². The first-order valence-corrected chi connectivity index (χ1v) is 6.36. The van der Waals surface area contributed by atoms with Crippen molar-refractivity contribution in [3.05, 3.63) is 35.9 Å². The van der Waals surface area contributed by atoms with Gasteiger partial charge in [-0.1, -0.05) is 30.3 Å². The second-order valence-corrected chi connectivity index (χ2v) is 4.64. The molecule has 1 saturated heterocycles. The van der Waals surface area contributed by atoms with E-state index in [1.807, 2.05) is 18.2 Å². The molecule has 0 aromatic heterocycles. The molecule has 1 amide bonds. The van der Waals surface area contributed by atoms with Crippen LogP contribution in [0.4, 0.5) is 0 Å². The fraction of sp³-hybridized carbons (Fsp3) is 0.500. The van der Waals surface area contributed by atoms with Crippen LogP contribution in [-0.4, -0.2) is 18.5 Å². The molecule has 2 N–H and O–H groups in total. The summed E-state index contributed by atoms with van der Waals surface area (Å²) in [5, 5.41) is 6.36. The van der Waals surface area contributed by atoms with Gasteiger partial charge >= 0.3 is 0 Å². The Bertz CT molecular complexity index is 364. The Morgan fingerprint density at radius 3 is 2.82 bits per heavy atom. The van der Waals surface area contributed by atoms with Crippen LogP contribution in [-0.2, 0) is 4.79 Å². The molecule has 1 heterocycles. The summed E-state index contributed by atoms with van der Waals surface area (Å²) >= 11 is 0. The normalized spacial score (nSPS) is 22.6. The van der Waals surface area contributed by atoms with Gasteiger partial charge < -0.3 is 5.32 Å². The highest BCUT2D eigenvalue weighted by Crippen LogP contribution is 2.14. The minimum absolute atomic E-state index is 0.0484. The third-order valence-electron chi connectivity index (χ3n) is 3.29. The summed E-state index contributed by atoms with van der Waals surface area (Å²) in [6.45, 7) is 2.92. The third kappa shape index (κ3) is 3.30. The number of hydrogen-bond donors (Lipinski definition) is 2. The zero-order chi connectivity index (χ0) is 12.1. The Balaban J connectivity index is 1.97. The number of rotatable bonds is 3. The highest BCUT2D eigenvalue weighted by molar-refractivity contribution is 5.81. The second kappa shape index (κ2) is 5.82. The summed E-state index contributed by atoms with van der Waals surface area (Å²) < 4.78 is 0. The average Bonchev–Trinajstić information content (AvgIpc) is 2.56. The van der Waals surface area contributed by atoms with Gasteiger partial charge in [0.15, 0.2) is 0 Å². The van der Waals surface area contributed by atoms with Gasteiger partial charge in [-0.2, -0.15) is 0 Å². The molecule has 1 aromatic carbocycles. The van der Waals surface area contributed by atoms with Crippen molar-refractivity contribution in [3.63, 3.8) is 0 Å². The van der Waals surface area contributed by atoms with E-state index in [1.54, 1.807) is 0 Å². The van der Waals surface area contributed by atoms with Gasteiger partial charge in [0.05, 0.1) is 6.04 Å². The number of hydrogen-bond acceptors (Lipinski definition) is 2. The third-order valence-corrected chi connectivity index (χ3v) is 3.29. The van der Waals surface area contributed by atoms with E-state index in [9.17, 15) is 4.79 Å². The molecule has 2 rings (SSSR count). The molecular formula is C14H20N2O. The maximum Gasteiger partial charge on any atom is 0.237 e. The molecule has 0 saturated carbocycles. The second-order valence-electron chi connectivity index (χ2n) is 4.64. The van der Waals surface area contributed by atoms with Crippen molar-refractivity contribution in [2.75, 3.05) is 6.54 Å². The van der Waals surface area contributed by atoms with Crippen molar-refractivity contribution in [3.8, 4) is 0 Å². The van der Waals surface area contributed by atoms with Crippen LogP contribution in [0.2, 0.25) is 0 Å². The molecule has 17 heavy (non-hydrogen) atoms. The molecule has 0 aliphatic carbocycles. The maximum atomic E-state index is 11.8. The van der Waals surface area contributed by atoms with Crippen molar-refractivity contribution >= 4 is 5.91 Å². The van der Waals surface area contributed by atoms with Crippen molar-refractivity contribution in [2.24, 2.45) is 0 Å². The molecule has 1 aromatic rings. The summed E-state index contributed by atoms with van der Waals surface area (Å²) in [5.74, 6) is 0.144. The first kappa shape index (κ1) is 12.1. The Hall–Kier alpha value is -1.35. The van der Waals surface area contributed by atoms with E-state index in [-0.39, 0.29) is 18.0 Å². The monoisotopic (exact) mass is 232 g/mol. The summed E-state index contributed by atoms with van der Waals surface area (Å²) in [6, 6.07) is 10.4. The van der Waals surface area contributed by atoms with Gasteiger partial charge in [-0.15, -0.1) is 0 Å². The lowest BCUT2D eigenvalue weighted by Gasteiger charge is -2.21. The van der Waals surface area contributed by atoms with Crippen molar-refractivity contribution < 1.29 is 4.79 Å². The molecule has 1 aliphatic heterocycles. The van der Waals surface area contributed by atoms with E-state index in [1.165, 1.54) is 5.56 Å². The summed E-state index contributed by atoms with van der Waals surface area (Å²) in [4.78, 5) is 11.8. The molecule has 3 heteroatoms. The largest absolute Gasteiger partial charge is 0.355 e. The van der Waals surface area contributed by atoms with Crippen LogP contribution in [0.5, 0.6) is 0 Å². The van der Waals surface area contributed by atoms with E-state index in [2.05, 4.69) is 29.7 Å². The summed E-state index contributed by atoms with van der Waals surface area (Å²) in [6.07, 6.45) is 3.13. The van der Waals surface area contributed by atoms with Crippen molar-refractivity contribution in [1.82, 2.24) is 10.6 Å². The number of nitrogens with one attached hydrogen (secondary N) is 2. The molecule has 92 valence electrons. The number of amides is 1. The number of carbonyl (C=O) groups excluding carboxylic acids is 1. The van der Waals surface area contributed by atoms with Crippen LogP contribution in [0.3, 0.4) is 0 Å². The molecule has 0 spiro atoms. The van der Waals surface area contributed by atoms with E-state index in [4.69, 9.17) is 0 Å². The number of carbonyl (C=O) groups is 1. The fourth-order valence-electron chi connectivity index (χ4n) is 2.24. The predicted molar refractivity (Wildman–Crippen MR) is 68.6 cm³/mol. The lowest BCUT2D eigenvalue weighted by molar-refractivity contribution is -0.123. The first-order chi connectivity index (χ1) is 8.27. The summed E-state index contributed by atoms with van der Waals surface area (Å²) in [7, 11) is 0. The van der Waals surface area contributed by atoms with Crippen LogP contribution in [0, 0.1) is 0 Å². The van der Waals surface area contributed by atoms with Gasteiger partial charge in [0.1, 0.15) is 0 Å². The molecule has 1 aliphatic rings. The molecule has 2 unspecified atom stereocenters. The molecule has 2 atom stereocenters. The standard InChI is InChI=1S/C14H20N2O/c1-11(12-7-3-2-4-8-12)16-13-9-5-6-10-15-14(13)17/h2-4,7-8,11,13,16H,5-6,9-10H2,1H3,(H,15,17). The Morgan fingerprint density at radius 1 is 1.29 bits per heavy atom. The average molecular weight is 232 g/mol. The van der Waals surface area contributed by atoms with Gasteiger partial charge in [0.2, 0.25) is 5.91 Å². The highest BCUT2D eigenvalue weighted by atomic mass is 16.2. The highest BCUT2D eigenvalue weighted by Gasteiger charge is 2.22. The smallest absolute Gasteiger partial charge is 0.237 e. The molecule has 1 fully saturated rings. The quantitative estimate of drug-likeness (QED) is 0.837. The molecule has 3 nitrogen and oxygen atoms in total. The lowest BCUT2D eigenvalue weighted by Crippen LogP contribution is -2.43. The van der Waals surface area contributed by atoms with Crippen LogP contribution in [0.25, 0.3) is 0 Å². The Morgan fingerprint density at radius 2 is 2.06 bits per heavy atom. The van der Waals surface area contributed by atoms with E-state index < -0.39 is 0 Å². The van der Waals surface area contributed by atoms with Gasteiger partial charge in [-0.3, -0.25) is 10.1 Å². The van der Waals surface area contributed by atoms with E-state index in [0.717, 1.165) is 25.8 Å². The first-order valence-electron chi connectivity index (χ1n) is 6.36. The van der Waals surface area contributed by atoms with Crippen LogP contribution < -0.4 is 10.6 Å². The minimum atomic E-state index is -0.0484. The number of benzene rings is 1. The van der Waals surface area contributed by atoms with Crippen molar-refractivity contribution in [2.45, 2.75) is 38.3 Å². The lowest BCUT2D eigenvalue weighted by atomic mass is 10.1. The molecule has 0 radical (unpaired) electrons. The van der Waals surface area contributed by atoms with Gasteiger partial charge in [0, 0.05) is 12.6 Å². The van der Waals surface area contributed by atoms with Gasteiger partial charge in [0.25, 0.3) is 0 Å². The topological polar surface area (TPSA) is 41.1 Å². The SMILES string of the molecule is CC(NC1CCCCNC1=O)c1ccccc1. The fourth-order valence-corrected chi connectivity index (χ4v) is 2.24. The molecular weight excluding hydrogens is 212 g/mol. The minimum Gasteiger partial charge on any atom is -0.355 e. The van der Waals surface area contributed by atoms with Crippen LogP contribution in [0.15, 0.2) is 30.3 Å². The van der Waals surface area contributed by atoms with E-state index in [0.29, 0.717) is 0 Å². The van der Waals surface area contributed by atoms with Gasteiger partial charge in [-0.05, 0) is 31.7 Å².